The molecule has 1 fully saturated rings. The molecule has 142 valence electrons. The number of rotatable bonds is 17. The molecule has 1 amide bonds. The summed E-state index contributed by atoms with van der Waals surface area (Å²) in [6.45, 7) is 4.54. The fourth-order valence-corrected chi connectivity index (χ4v) is 3.48. The first-order valence-corrected chi connectivity index (χ1v) is 10.8. The van der Waals surface area contributed by atoms with Gasteiger partial charge in [-0.1, -0.05) is 103 Å². The molecule has 3 nitrogen and oxygen atoms in total. The van der Waals surface area contributed by atoms with Crippen molar-refractivity contribution in [3.05, 3.63) is 0 Å². The largest absolute Gasteiger partial charge is 0.448 e. The number of carbonyl (C=O) groups is 1. The van der Waals surface area contributed by atoms with Gasteiger partial charge in [0.05, 0.1) is 6.54 Å². The maximum atomic E-state index is 11.3. The molecule has 0 aromatic carbocycles. The van der Waals surface area contributed by atoms with Crippen LogP contribution in [0.25, 0.3) is 0 Å². The molecule has 0 N–H and O–H groups in total. The number of ether oxygens (including phenoxy) is 1. The maximum absolute atomic E-state index is 11.3. The number of hydrogen-bond acceptors (Lipinski definition) is 2. The van der Waals surface area contributed by atoms with Gasteiger partial charge in [0.25, 0.3) is 0 Å². The first-order valence-electron chi connectivity index (χ1n) is 10.8. The average Bonchev–Trinajstić information content (AvgIpc) is 2.99. The number of amides is 1. The van der Waals surface area contributed by atoms with Crippen molar-refractivity contribution in [3.63, 3.8) is 0 Å². The number of unbranched alkanes of at least 4 members (excludes halogenated alkanes) is 15. The molecule has 0 aliphatic carbocycles. The molecule has 0 bridgehead atoms. The third-order valence-electron chi connectivity index (χ3n) is 5.13. The van der Waals surface area contributed by atoms with E-state index < -0.39 is 0 Å². The van der Waals surface area contributed by atoms with Crippen LogP contribution in [-0.4, -0.2) is 30.7 Å². The fraction of sp³-hybridized carbons (Fsp3) is 0.952. The van der Waals surface area contributed by atoms with E-state index in [2.05, 4.69) is 6.92 Å². The van der Waals surface area contributed by atoms with Gasteiger partial charge in [-0.15, -0.1) is 0 Å². The van der Waals surface area contributed by atoms with Crippen LogP contribution in [0.1, 0.15) is 110 Å². The monoisotopic (exact) mass is 339 g/mol. The Morgan fingerprint density at radius 2 is 1.12 bits per heavy atom. The predicted octanol–water partition coefficient (Wildman–Crippen LogP) is 6.70. The van der Waals surface area contributed by atoms with E-state index in [0.717, 1.165) is 19.5 Å². The van der Waals surface area contributed by atoms with Crippen molar-refractivity contribution in [2.75, 3.05) is 19.7 Å². The lowest BCUT2D eigenvalue weighted by atomic mass is 10.0. The minimum atomic E-state index is -0.115. The molecule has 1 aliphatic rings. The summed E-state index contributed by atoms with van der Waals surface area (Å²) in [4.78, 5) is 13.1. The molecule has 0 spiro atoms. The van der Waals surface area contributed by atoms with Gasteiger partial charge in [0.15, 0.2) is 0 Å². The lowest BCUT2D eigenvalue weighted by molar-refractivity contribution is 0.158. The summed E-state index contributed by atoms with van der Waals surface area (Å²) in [6.07, 6.45) is 22.1. The smallest absolute Gasteiger partial charge is 0.409 e. The second-order valence-corrected chi connectivity index (χ2v) is 7.40. The van der Waals surface area contributed by atoms with Gasteiger partial charge in [0, 0.05) is 6.54 Å². The van der Waals surface area contributed by atoms with E-state index in [-0.39, 0.29) is 6.09 Å². The second kappa shape index (κ2) is 15.8. The van der Waals surface area contributed by atoms with E-state index in [1.807, 2.05) is 4.90 Å². The molecule has 0 unspecified atom stereocenters. The van der Waals surface area contributed by atoms with Gasteiger partial charge in [0.1, 0.15) is 6.61 Å². The topological polar surface area (TPSA) is 29.5 Å². The van der Waals surface area contributed by atoms with Crippen molar-refractivity contribution in [2.45, 2.75) is 110 Å². The van der Waals surface area contributed by atoms with Crippen LogP contribution >= 0.6 is 0 Å². The van der Waals surface area contributed by atoms with Crippen LogP contribution in [0.15, 0.2) is 0 Å². The van der Waals surface area contributed by atoms with E-state index in [9.17, 15) is 4.79 Å². The molecule has 0 radical (unpaired) electrons. The highest BCUT2D eigenvalue weighted by Crippen LogP contribution is 2.14. The van der Waals surface area contributed by atoms with E-state index in [1.165, 1.54) is 96.3 Å². The Hall–Kier alpha value is -0.730. The normalized spacial score (nSPS) is 14.4. The SMILES string of the molecule is CCCCCCCCCCCCCCCCCCN1CCOC1=O. The highest BCUT2D eigenvalue weighted by molar-refractivity contribution is 5.69. The zero-order valence-electron chi connectivity index (χ0n) is 16.2. The standard InChI is InChI=1S/C21H41NO2/c1-2-3-4-5-6-7-8-9-10-11-12-13-14-15-16-17-18-22-19-20-24-21(22)23/h2-20H2,1H3. The molecule has 24 heavy (non-hydrogen) atoms. The number of cyclic esters (lactones) is 1. The van der Waals surface area contributed by atoms with Gasteiger partial charge in [-0.2, -0.15) is 0 Å². The van der Waals surface area contributed by atoms with Gasteiger partial charge in [-0.05, 0) is 6.42 Å². The van der Waals surface area contributed by atoms with E-state index in [0.29, 0.717) is 6.61 Å². The number of carbonyl (C=O) groups excluding carboxylic acids is 1. The van der Waals surface area contributed by atoms with Gasteiger partial charge in [-0.25, -0.2) is 4.79 Å². The molecule has 0 aromatic rings. The number of hydrogen-bond donors (Lipinski definition) is 0. The van der Waals surface area contributed by atoms with Crippen molar-refractivity contribution in [3.8, 4) is 0 Å². The first-order chi connectivity index (χ1) is 11.8. The molecule has 1 heterocycles. The van der Waals surface area contributed by atoms with Gasteiger partial charge < -0.3 is 9.64 Å². The first kappa shape index (κ1) is 21.3. The Morgan fingerprint density at radius 1 is 0.708 bits per heavy atom. The summed E-state index contributed by atoms with van der Waals surface area (Å²) in [7, 11) is 0. The van der Waals surface area contributed by atoms with Crippen LogP contribution < -0.4 is 0 Å². The zero-order valence-corrected chi connectivity index (χ0v) is 16.2. The third kappa shape index (κ3) is 11.8. The number of nitrogens with zero attached hydrogens (tertiary/aromatic N) is 1. The highest BCUT2D eigenvalue weighted by Gasteiger charge is 2.20. The van der Waals surface area contributed by atoms with Crippen LogP contribution in [0, 0.1) is 0 Å². The Labute approximate surface area is 150 Å². The lowest BCUT2D eigenvalue weighted by Crippen LogP contribution is -2.25. The summed E-state index contributed by atoms with van der Waals surface area (Å²) in [5.41, 5.74) is 0. The molecule has 0 aromatic heterocycles. The van der Waals surface area contributed by atoms with Crippen LogP contribution in [0.3, 0.4) is 0 Å². The summed E-state index contributed by atoms with van der Waals surface area (Å²) in [5.74, 6) is 0. The summed E-state index contributed by atoms with van der Waals surface area (Å²) >= 11 is 0. The Balaban J connectivity index is 1.68. The summed E-state index contributed by atoms with van der Waals surface area (Å²) in [5, 5.41) is 0. The van der Waals surface area contributed by atoms with E-state index >= 15 is 0 Å². The molecule has 3 heteroatoms. The molecule has 0 saturated carbocycles. The Morgan fingerprint density at radius 3 is 1.50 bits per heavy atom. The van der Waals surface area contributed by atoms with Crippen molar-refractivity contribution >= 4 is 6.09 Å². The molecule has 1 saturated heterocycles. The minimum Gasteiger partial charge on any atom is -0.448 e. The molecule has 1 aliphatic heterocycles. The Kier molecular flexibility index (Phi) is 14.0. The van der Waals surface area contributed by atoms with Crippen molar-refractivity contribution in [2.24, 2.45) is 0 Å². The van der Waals surface area contributed by atoms with Crippen LogP contribution in [0.2, 0.25) is 0 Å². The molecular weight excluding hydrogens is 298 g/mol. The molecule has 0 atom stereocenters. The van der Waals surface area contributed by atoms with Gasteiger partial charge >= 0.3 is 6.09 Å². The van der Waals surface area contributed by atoms with Crippen LogP contribution in [-0.2, 0) is 4.74 Å². The molecular formula is C21H41NO2. The van der Waals surface area contributed by atoms with Gasteiger partial charge in [-0.3, -0.25) is 0 Å². The van der Waals surface area contributed by atoms with E-state index in [4.69, 9.17) is 4.74 Å². The van der Waals surface area contributed by atoms with Crippen molar-refractivity contribution in [1.82, 2.24) is 4.90 Å². The Bertz CT molecular complexity index is 294. The van der Waals surface area contributed by atoms with Gasteiger partial charge in [0.2, 0.25) is 0 Å². The fourth-order valence-electron chi connectivity index (χ4n) is 3.48. The minimum absolute atomic E-state index is 0.115. The quantitative estimate of drug-likeness (QED) is 0.276. The second-order valence-electron chi connectivity index (χ2n) is 7.40. The highest BCUT2D eigenvalue weighted by atomic mass is 16.6. The summed E-state index contributed by atoms with van der Waals surface area (Å²) in [6, 6.07) is 0. The predicted molar refractivity (Wildman–Crippen MR) is 102 cm³/mol. The zero-order chi connectivity index (χ0) is 17.3. The summed E-state index contributed by atoms with van der Waals surface area (Å²) < 4.78 is 4.93. The average molecular weight is 340 g/mol. The maximum Gasteiger partial charge on any atom is 0.409 e. The van der Waals surface area contributed by atoms with Crippen molar-refractivity contribution < 1.29 is 9.53 Å². The van der Waals surface area contributed by atoms with E-state index in [1.54, 1.807) is 0 Å². The van der Waals surface area contributed by atoms with Crippen LogP contribution in [0.5, 0.6) is 0 Å². The molecule has 1 rings (SSSR count). The van der Waals surface area contributed by atoms with Crippen molar-refractivity contribution in [1.29, 1.82) is 0 Å². The lowest BCUT2D eigenvalue weighted by Gasteiger charge is -2.11. The van der Waals surface area contributed by atoms with Crippen LogP contribution in [0.4, 0.5) is 4.79 Å². The third-order valence-corrected chi connectivity index (χ3v) is 5.13.